The first-order valence-corrected chi connectivity index (χ1v) is 5.55. The summed E-state index contributed by atoms with van der Waals surface area (Å²) in [6.07, 6.45) is 3.16. The number of nitrogens with two attached hydrogens (primary N) is 1. The van der Waals surface area contributed by atoms with Gasteiger partial charge in [0.25, 0.3) is 0 Å². The smallest absolute Gasteiger partial charge is 0.0753 e. The van der Waals surface area contributed by atoms with Gasteiger partial charge in [0.1, 0.15) is 0 Å². The van der Waals surface area contributed by atoms with Gasteiger partial charge in [-0.3, -0.25) is 0 Å². The molecule has 0 heterocycles. The van der Waals surface area contributed by atoms with Crippen LogP contribution in [0.5, 0.6) is 0 Å². The van der Waals surface area contributed by atoms with E-state index in [2.05, 4.69) is 25.8 Å². The predicted molar refractivity (Wildman–Crippen MR) is 61.3 cm³/mol. The highest BCUT2D eigenvalue weighted by molar-refractivity contribution is 4.75. The van der Waals surface area contributed by atoms with Crippen molar-refractivity contribution in [2.24, 2.45) is 5.73 Å². The second kappa shape index (κ2) is 6.38. The molecule has 0 bridgehead atoms. The summed E-state index contributed by atoms with van der Waals surface area (Å²) in [6, 6.07) is 0.591. The average molecular weight is 202 g/mol. The molecular weight excluding hydrogens is 176 g/mol. The fraction of sp³-hybridized carbons (Fsp3) is 1.00. The number of rotatable bonds is 7. The van der Waals surface area contributed by atoms with E-state index >= 15 is 0 Å². The van der Waals surface area contributed by atoms with E-state index in [0.717, 1.165) is 13.0 Å². The zero-order chi connectivity index (χ0) is 11.2. The third-order valence-electron chi connectivity index (χ3n) is 2.90. The Kier molecular flexibility index (Phi) is 6.33. The number of aliphatic hydroxyl groups is 1. The molecule has 0 rings (SSSR count). The van der Waals surface area contributed by atoms with Crippen molar-refractivity contribution in [2.45, 2.75) is 51.7 Å². The molecule has 0 aromatic carbocycles. The normalized spacial score (nSPS) is 18.2. The molecule has 3 heteroatoms. The molecular formula is C11H26N2O. The molecule has 0 saturated heterocycles. The largest absolute Gasteiger partial charge is 0.389 e. The molecule has 3 nitrogen and oxygen atoms in total. The van der Waals surface area contributed by atoms with Gasteiger partial charge in [-0.25, -0.2) is 0 Å². The molecule has 86 valence electrons. The topological polar surface area (TPSA) is 49.5 Å². The molecule has 0 saturated carbocycles. The average Bonchev–Trinajstić information content (AvgIpc) is 2.15. The van der Waals surface area contributed by atoms with Crippen LogP contribution in [0.25, 0.3) is 0 Å². The zero-order valence-electron chi connectivity index (χ0n) is 10.1. The van der Waals surface area contributed by atoms with Gasteiger partial charge in [0.15, 0.2) is 0 Å². The van der Waals surface area contributed by atoms with E-state index in [4.69, 9.17) is 5.73 Å². The minimum Gasteiger partial charge on any atom is -0.389 e. The zero-order valence-corrected chi connectivity index (χ0v) is 10.1. The van der Waals surface area contributed by atoms with Crippen molar-refractivity contribution < 1.29 is 5.11 Å². The summed E-state index contributed by atoms with van der Waals surface area (Å²) in [5, 5.41) is 9.73. The maximum Gasteiger partial charge on any atom is 0.0753 e. The first kappa shape index (κ1) is 13.9. The van der Waals surface area contributed by atoms with Gasteiger partial charge in [-0.15, -0.1) is 0 Å². The van der Waals surface area contributed by atoms with Crippen LogP contribution in [0.1, 0.15) is 40.0 Å². The third kappa shape index (κ3) is 5.58. The standard InChI is InChI=1S/C11H26N2O/c1-5-6-10(2)13(4)8-7-11(3,14)9-12/h10,14H,5-9,12H2,1-4H3. The second-order valence-corrected chi connectivity index (χ2v) is 4.57. The Labute approximate surface area is 88.3 Å². The van der Waals surface area contributed by atoms with Gasteiger partial charge in [0, 0.05) is 19.1 Å². The van der Waals surface area contributed by atoms with E-state index in [9.17, 15) is 5.11 Å². The van der Waals surface area contributed by atoms with Crippen LogP contribution in [0, 0.1) is 0 Å². The van der Waals surface area contributed by atoms with Crippen LogP contribution in [0.4, 0.5) is 0 Å². The maximum absolute atomic E-state index is 9.73. The van der Waals surface area contributed by atoms with Gasteiger partial charge in [-0.2, -0.15) is 0 Å². The highest BCUT2D eigenvalue weighted by Crippen LogP contribution is 2.10. The molecule has 0 aliphatic rings. The van der Waals surface area contributed by atoms with Crippen molar-refractivity contribution in [3.05, 3.63) is 0 Å². The highest BCUT2D eigenvalue weighted by atomic mass is 16.3. The summed E-state index contributed by atoms with van der Waals surface area (Å²) in [5.41, 5.74) is 4.75. The molecule has 0 aliphatic carbocycles. The number of nitrogens with zero attached hydrogens (tertiary/aromatic N) is 1. The Hall–Kier alpha value is -0.120. The van der Waals surface area contributed by atoms with Crippen molar-refractivity contribution in [1.82, 2.24) is 4.90 Å². The van der Waals surface area contributed by atoms with Crippen LogP contribution < -0.4 is 5.73 Å². The van der Waals surface area contributed by atoms with Crippen molar-refractivity contribution in [3.8, 4) is 0 Å². The molecule has 0 spiro atoms. The lowest BCUT2D eigenvalue weighted by molar-refractivity contribution is 0.0462. The molecule has 14 heavy (non-hydrogen) atoms. The lowest BCUT2D eigenvalue weighted by Gasteiger charge is -2.28. The Morgan fingerprint density at radius 1 is 1.50 bits per heavy atom. The van der Waals surface area contributed by atoms with Gasteiger partial charge in [0.05, 0.1) is 5.60 Å². The van der Waals surface area contributed by atoms with E-state index in [0.29, 0.717) is 12.6 Å². The van der Waals surface area contributed by atoms with Crippen molar-refractivity contribution in [1.29, 1.82) is 0 Å². The summed E-state index contributed by atoms with van der Waals surface area (Å²) in [6.45, 7) is 7.46. The van der Waals surface area contributed by atoms with Crippen molar-refractivity contribution in [2.75, 3.05) is 20.1 Å². The van der Waals surface area contributed by atoms with Crippen LogP contribution in [0.15, 0.2) is 0 Å². The van der Waals surface area contributed by atoms with E-state index in [1.807, 2.05) is 0 Å². The van der Waals surface area contributed by atoms with Gasteiger partial charge >= 0.3 is 0 Å². The molecule has 0 amide bonds. The summed E-state index contributed by atoms with van der Waals surface area (Å²) >= 11 is 0. The third-order valence-corrected chi connectivity index (χ3v) is 2.90. The monoisotopic (exact) mass is 202 g/mol. The van der Waals surface area contributed by atoms with Crippen LogP contribution in [-0.2, 0) is 0 Å². The van der Waals surface area contributed by atoms with Crippen LogP contribution in [0.3, 0.4) is 0 Å². The van der Waals surface area contributed by atoms with Crippen molar-refractivity contribution in [3.63, 3.8) is 0 Å². The molecule has 0 aromatic heterocycles. The lowest BCUT2D eigenvalue weighted by Crippen LogP contribution is -2.39. The minimum atomic E-state index is -0.708. The highest BCUT2D eigenvalue weighted by Gasteiger charge is 2.19. The summed E-state index contributed by atoms with van der Waals surface area (Å²) < 4.78 is 0. The molecule has 2 unspecified atom stereocenters. The SMILES string of the molecule is CCCC(C)N(C)CCC(C)(O)CN. The summed E-state index contributed by atoms with van der Waals surface area (Å²) in [7, 11) is 2.10. The maximum atomic E-state index is 9.73. The van der Waals surface area contributed by atoms with Crippen LogP contribution >= 0.6 is 0 Å². The summed E-state index contributed by atoms with van der Waals surface area (Å²) in [4.78, 5) is 2.29. The lowest BCUT2D eigenvalue weighted by atomic mass is 10.0. The molecule has 3 N–H and O–H groups in total. The van der Waals surface area contributed by atoms with E-state index < -0.39 is 5.60 Å². The number of hydrogen-bond donors (Lipinski definition) is 2. The van der Waals surface area contributed by atoms with E-state index in [-0.39, 0.29) is 0 Å². The Bertz CT molecular complexity index is 148. The molecule has 0 aromatic rings. The molecule has 0 radical (unpaired) electrons. The van der Waals surface area contributed by atoms with Gasteiger partial charge in [-0.05, 0) is 33.7 Å². The Balaban J connectivity index is 3.77. The first-order valence-electron chi connectivity index (χ1n) is 5.55. The van der Waals surface area contributed by atoms with E-state index in [1.54, 1.807) is 6.92 Å². The number of hydrogen-bond acceptors (Lipinski definition) is 3. The quantitative estimate of drug-likeness (QED) is 0.652. The van der Waals surface area contributed by atoms with Crippen LogP contribution in [0.2, 0.25) is 0 Å². The molecule has 0 fully saturated rings. The van der Waals surface area contributed by atoms with Gasteiger partial charge in [-0.1, -0.05) is 13.3 Å². The summed E-state index contributed by atoms with van der Waals surface area (Å²) in [5.74, 6) is 0. The van der Waals surface area contributed by atoms with Crippen LogP contribution in [-0.4, -0.2) is 41.8 Å². The fourth-order valence-corrected chi connectivity index (χ4v) is 1.38. The Morgan fingerprint density at radius 2 is 2.07 bits per heavy atom. The minimum absolute atomic E-state index is 0.336. The molecule has 0 aliphatic heterocycles. The predicted octanol–water partition coefficient (Wildman–Crippen LogP) is 1.21. The van der Waals surface area contributed by atoms with Crippen molar-refractivity contribution >= 4 is 0 Å². The van der Waals surface area contributed by atoms with Gasteiger partial charge in [0.2, 0.25) is 0 Å². The fourth-order valence-electron chi connectivity index (χ4n) is 1.38. The van der Waals surface area contributed by atoms with Gasteiger partial charge < -0.3 is 15.7 Å². The van der Waals surface area contributed by atoms with E-state index in [1.165, 1.54) is 12.8 Å². The second-order valence-electron chi connectivity index (χ2n) is 4.57. The first-order chi connectivity index (χ1) is 6.43. The molecule has 2 atom stereocenters. The Morgan fingerprint density at radius 3 is 2.50 bits per heavy atom.